The van der Waals surface area contributed by atoms with Gasteiger partial charge in [-0.25, -0.2) is 4.68 Å². The van der Waals surface area contributed by atoms with Crippen LogP contribution < -0.4 is 4.80 Å². The van der Waals surface area contributed by atoms with E-state index < -0.39 is 17.2 Å². The van der Waals surface area contributed by atoms with Crippen molar-refractivity contribution in [1.82, 2.24) is 4.68 Å². The van der Waals surface area contributed by atoms with Crippen molar-refractivity contribution in [3.05, 3.63) is 58.2 Å². The molecule has 0 saturated heterocycles. The Labute approximate surface area is 188 Å². The number of aromatic hydroxyl groups is 3. The number of para-hydroxylation sites is 1. The van der Waals surface area contributed by atoms with Crippen molar-refractivity contribution in [2.75, 3.05) is 0 Å². The SMILES string of the molecule is Oc1ccc(C=Nn2c(-c3cc4ccccc4o3)csc2=NC2CCCCC2)c(O)c1O. The fourth-order valence-electron chi connectivity index (χ4n) is 3.95. The van der Waals surface area contributed by atoms with Gasteiger partial charge in [0.25, 0.3) is 0 Å². The van der Waals surface area contributed by atoms with Gasteiger partial charge in [0.05, 0.1) is 12.3 Å². The van der Waals surface area contributed by atoms with E-state index in [9.17, 15) is 15.3 Å². The predicted octanol–water partition coefficient (Wildman–Crippen LogP) is 5.20. The number of phenols is 3. The van der Waals surface area contributed by atoms with Crippen molar-refractivity contribution >= 4 is 28.5 Å². The van der Waals surface area contributed by atoms with Crippen LogP contribution in [0.5, 0.6) is 17.2 Å². The molecule has 5 rings (SSSR count). The van der Waals surface area contributed by atoms with Gasteiger partial charge >= 0.3 is 0 Å². The van der Waals surface area contributed by atoms with Gasteiger partial charge in [-0.1, -0.05) is 37.5 Å². The third-order valence-electron chi connectivity index (χ3n) is 5.70. The van der Waals surface area contributed by atoms with Gasteiger partial charge in [0.1, 0.15) is 11.3 Å². The molecule has 32 heavy (non-hydrogen) atoms. The Kier molecular flexibility index (Phi) is 5.45. The number of benzene rings is 2. The third kappa shape index (κ3) is 3.89. The van der Waals surface area contributed by atoms with E-state index in [2.05, 4.69) is 5.10 Å². The molecule has 1 fully saturated rings. The average molecular weight is 450 g/mol. The van der Waals surface area contributed by atoms with Crippen LogP contribution >= 0.6 is 11.3 Å². The van der Waals surface area contributed by atoms with Crippen molar-refractivity contribution in [2.45, 2.75) is 38.1 Å². The van der Waals surface area contributed by atoms with Crippen LogP contribution in [0.2, 0.25) is 0 Å². The summed E-state index contributed by atoms with van der Waals surface area (Å²) in [7, 11) is 0. The first-order chi connectivity index (χ1) is 15.6. The van der Waals surface area contributed by atoms with Crippen molar-refractivity contribution in [1.29, 1.82) is 0 Å². The molecule has 7 nitrogen and oxygen atoms in total. The fourth-order valence-corrected chi connectivity index (χ4v) is 4.84. The highest BCUT2D eigenvalue weighted by molar-refractivity contribution is 7.07. The lowest BCUT2D eigenvalue weighted by Crippen LogP contribution is -2.18. The highest BCUT2D eigenvalue weighted by Crippen LogP contribution is 2.36. The first kappa shape index (κ1) is 20.4. The zero-order chi connectivity index (χ0) is 22.1. The summed E-state index contributed by atoms with van der Waals surface area (Å²) in [6.07, 6.45) is 7.18. The second-order valence-corrected chi connectivity index (χ2v) is 8.74. The van der Waals surface area contributed by atoms with E-state index in [1.807, 2.05) is 35.7 Å². The maximum atomic E-state index is 10.2. The highest BCUT2D eigenvalue weighted by Gasteiger charge is 2.16. The summed E-state index contributed by atoms with van der Waals surface area (Å²) < 4.78 is 7.77. The van der Waals surface area contributed by atoms with Crippen LogP contribution in [0.25, 0.3) is 22.4 Å². The molecule has 4 aromatic rings. The number of fused-ring (bicyclic) bond motifs is 1. The zero-order valence-electron chi connectivity index (χ0n) is 17.3. The summed E-state index contributed by atoms with van der Waals surface area (Å²) in [5, 5.41) is 37.1. The molecule has 0 aliphatic heterocycles. The van der Waals surface area contributed by atoms with E-state index in [1.54, 1.807) is 4.68 Å². The minimum absolute atomic E-state index is 0.262. The standard InChI is InChI=1S/C24H23N3O4S/c28-19-11-10-16(22(29)23(19)30)13-25-27-18(21-12-15-6-4-5-9-20(15)31-21)14-32-24(27)26-17-7-2-1-3-8-17/h4-6,9-14,17,28-30H,1-3,7-8H2. The molecule has 0 radical (unpaired) electrons. The number of hydrogen-bond acceptors (Lipinski definition) is 7. The second kappa shape index (κ2) is 8.55. The minimum Gasteiger partial charge on any atom is -0.504 e. The molecule has 2 aromatic carbocycles. The number of aromatic nitrogens is 1. The summed E-state index contributed by atoms with van der Waals surface area (Å²) in [5.74, 6) is -0.726. The normalized spacial score (nSPS) is 15.8. The molecule has 0 unspecified atom stereocenters. The van der Waals surface area contributed by atoms with Gasteiger partial charge in [0, 0.05) is 16.3 Å². The maximum Gasteiger partial charge on any atom is 0.206 e. The Hall–Kier alpha value is -3.52. The average Bonchev–Trinajstić information content (AvgIpc) is 3.41. The maximum absolute atomic E-state index is 10.2. The Morgan fingerprint density at radius 1 is 1.00 bits per heavy atom. The lowest BCUT2D eigenvalue weighted by atomic mass is 9.96. The van der Waals surface area contributed by atoms with Crippen molar-refractivity contribution in [3.8, 4) is 28.7 Å². The molecule has 0 amide bonds. The Balaban J connectivity index is 1.61. The number of nitrogens with zero attached hydrogens (tertiary/aromatic N) is 3. The van der Waals surface area contributed by atoms with E-state index in [1.165, 1.54) is 48.9 Å². The fraction of sp³-hybridized carbons (Fsp3) is 0.250. The van der Waals surface area contributed by atoms with E-state index in [-0.39, 0.29) is 11.6 Å². The molecule has 0 spiro atoms. The van der Waals surface area contributed by atoms with E-state index >= 15 is 0 Å². The Morgan fingerprint density at radius 3 is 2.62 bits per heavy atom. The molecule has 1 saturated carbocycles. The molecule has 2 aromatic heterocycles. The summed E-state index contributed by atoms with van der Waals surface area (Å²) in [6.45, 7) is 0. The van der Waals surface area contributed by atoms with Crippen LogP contribution in [0, 0.1) is 0 Å². The van der Waals surface area contributed by atoms with Crippen LogP contribution in [-0.2, 0) is 0 Å². The van der Waals surface area contributed by atoms with Gasteiger partial charge in [-0.2, -0.15) is 5.10 Å². The van der Waals surface area contributed by atoms with Crippen LogP contribution in [0.15, 0.2) is 62.4 Å². The first-order valence-electron chi connectivity index (χ1n) is 10.6. The van der Waals surface area contributed by atoms with Crippen molar-refractivity contribution in [3.63, 3.8) is 0 Å². The molecule has 3 N–H and O–H groups in total. The number of hydrogen-bond donors (Lipinski definition) is 3. The van der Waals surface area contributed by atoms with E-state index in [4.69, 9.17) is 9.41 Å². The van der Waals surface area contributed by atoms with E-state index in [0.717, 1.165) is 34.3 Å². The molecule has 0 atom stereocenters. The topological polar surface area (TPSA) is 103 Å². The number of rotatable bonds is 4. The first-order valence-corrected chi connectivity index (χ1v) is 11.5. The monoisotopic (exact) mass is 449 g/mol. The van der Waals surface area contributed by atoms with Gasteiger partial charge in [-0.05, 0) is 37.1 Å². The largest absolute Gasteiger partial charge is 0.504 e. The lowest BCUT2D eigenvalue weighted by molar-refractivity contribution is 0.367. The smallest absolute Gasteiger partial charge is 0.206 e. The summed E-state index contributed by atoms with van der Waals surface area (Å²) in [4.78, 5) is 5.70. The van der Waals surface area contributed by atoms with Crippen molar-refractivity contribution < 1.29 is 19.7 Å². The van der Waals surface area contributed by atoms with Gasteiger partial charge in [0.2, 0.25) is 10.6 Å². The van der Waals surface area contributed by atoms with Crippen LogP contribution in [0.1, 0.15) is 37.7 Å². The van der Waals surface area contributed by atoms with Gasteiger partial charge in [0.15, 0.2) is 17.3 Å². The molecule has 8 heteroatoms. The zero-order valence-corrected chi connectivity index (χ0v) is 18.1. The van der Waals surface area contributed by atoms with Gasteiger partial charge in [-0.15, -0.1) is 11.3 Å². The second-order valence-electron chi connectivity index (χ2n) is 7.90. The van der Waals surface area contributed by atoms with Gasteiger partial charge in [-0.3, -0.25) is 4.99 Å². The molecule has 1 aliphatic rings. The minimum atomic E-state index is -0.575. The summed E-state index contributed by atoms with van der Waals surface area (Å²) in [5.41, 5.74) is 1.81. The Bertz CT molecular complexity index is 1330. The predicted molar refractivity (Wildman–Crippen MR) is 124 cm³/mol. The number of phenolic OH excluding ortho intramolecular Hbond substituents is 3. The molecule has 1 aliphatic carbocycles. The van der Waals surface area contributed by atoms with Crippen LogP contribution in [0.4, 0.5) is 0 Å². The van der Waals surface area contributed by atoms with Crippen LogP contribution in [-0.4, -0.2) is 32.3 Å². The molecule has 2 heterocycles. The van der Waals surface area contributed by atoms with Gasteiger partial charge < -0.3 is 19.7 Å². The number of thiazole rings is 1. The molecular weight excluding hydrogens is 426 g/mol. The van der Waals surface area contributed by atoms with E-state index in [0.29, 0.717) is 5.76 Å². The molecular formula is C24H23N3O4S. The summed E-state index contributed by atoms with van der Waals surface area (Å²) in [6, 6.07) is 12.8. The summed E-state index contributed by atoms with van der Waals surface area (Å²) >= 11 is 1.49. The quantitative estimate of drug-likeness (QED) is 0.294. The highest BCUT2D eigenvalue weighted by atomic mass is 32.1. The Morgan fingerprint density at radius 2 is 1.81 bits per heavy atom. The molecule has 0 bridgehead atoms. The third-order valence-corrected chi connectivity index (χ3v) is 6.53. The lowest BCUT2D eigenvalue weighted by Gasteiger charge is -2.16. The van der Waals surface area contributed by atoms with Crippen LogP contribution in [0.3, 0.4) is 0 Å². The number of furan rings is 1. The molecule has 164 valence electrons. The van der Waals surface area contributed by atoms with Crippen molar-refractivity contribution in [2.24, 2.45) is 10.1 Å².